The van der Waals surface area contributed by atoms with Crippen molar-refractivity contribution in [2.24, 2.45) is 11.5 Å². The van der Waals surface area contributed by atoms with Crippen LogP contribution < -0.4 is 11.5 Å². The van der Waals surface area contributed by atoms with Crippen molar-refractivity contribution in [2.75, 3.05) is 0 Å². The second kappa shape index (κ2) is 6.37. The first-order valence-electron chi connectivity index (χ1n) is 6.40. The zero-order chi connectivity index (χ0) is 15.7. The van der Waals surface area contributed by atoms with E-state index in [1.807, 2.05) is 0 Å². The lowest BCUT2D eigenvalue weighted by molar-refractivity contribution is 0.525. The van der Waals surface area contributed by atoms with Crippen molar-refractivity contribution in [3.63, 3.8) is 0 Å². The Bertz CT molecular complexity index is 851. The van der Waals surface area contributed by atoms with Crippen molar-refractivity contribution in [3.8, 4) is 22.8 Å². The first-order chi connectivity index (χ1) is 10.5. The number of nitrogens with zero attached hydrogens (tertiary/aromatic N) is 1. The van der Waals surface area contributed by atoms with Crippen molar-refractivity contribution >= 4 is 24.1 Å². The monoisotopic (exact) mass is 331 g/mol. The van der Waals surface area contributed by atoms with Gasteiger partial charge in [-0.3, -0.25) is 15.8 Å². The van der Waals surface area contributed by atoms with Gasteiger partial charge in [-0.1, -0.05) is 0 Å². The Morgan fingerprint density at radius 3 is 2.04 bits per heavy atom. The first-order valence-corrected chi connectivity index (χ1v) is 6.40. The van der Waals surface area contributed by atoms with E-state index in [4.69, 9.17) is 31.1 Å². The van der Waals surface area contributed by atoms with Crippen LogP contribution in [0.1, 0.15) is 11.5 Å². The van der Waals surface area contributed by atoms with Crippen LogP contribution in [0.15, 0.2) is 51.4 Å². The van der Waals surface area contributed by atoms with Crippen LogP contribution in [0.5, 0.6) is 0 Å². The van der Waals surface area contributed by atoms with Gasteiger partial charge in [0.1, 0.15) is 17.3 Å². The average molecular weight is 332 g/mol. The van der Waals surface area contributed by atoms with Crippen LogP contribution in [-0.2, 0) is 0 Å². The van der Waals surface area contributed by atoms with Gasteiger partial charge in [0, 0.05) is 11.8 Å². The fourth-order valence-corrected chi connectivity index (χ4v) is 1.94. The lowest BCUT2D eigenvalue weighted by Crippen LogP contribution is -2.12. The number of furan rings is 2. The van der Waals surface area contributed by atoms with Crippen LogP contribution in [-0.4, -0.2) is 16.7 Å². The highest BCUT2D eigenvalue weighted by Gasteiger charge is 2.12. The van der Waals surface area contributed by atoms with Gasteiger partial charge >= 0.3 is 0 Å². The van der Waals surface area contributed by atoms with Crippen molar-refractivity contribution in [1.29, 1.82) is 10.8 Å². The van der Waals surface area contributed by atoms with Crippen LogP contribution in [0.25, 0.3) is 22.8 Å². The molecule has 0 aliphatic carbocycles. The summed E-state index contributed by atoms with van der Waals surface area (Å²) in [4.78, 5) is 4.09. The molecular formula is C15H14ClN5O2. The van der Waals surface area contributed by atoms with E-state index >= 15 is 0 Å². The standard InChI is InChI=1S/C15H13N5O2.ClH/c16-14(17)9-2-1-8(7-20-9)10-3-4-11(21-10)12-5-6-13(22-12)15(18)19;/h1-7H,(H3,16,17)(H3,18,19);1H. The van der Waals surface area contributed by atoms with E-state index in [1.54, 1.807) is 42.6 Å². The van der Waals surface area contributed by atoms with E-state index in [0.717, 1.165) is 5.56 Å². The number of nitrogen functional groups attached to an aromatic ring is 2. The summed E-state index contributed by atoms with van der Waals surface area (Å²) in [6.45, 7) is 0. The number of pyridine rings is 1. The summed E-state index contributed by atoms with van der Waals surface area (Å²) in [5.74, 6) is 1.70. The number of hydrogen-bond acceptors (Lipinski definition) is 5. The van der Waals surface area contributed by atoms with Gasteiger partial charge in [0.15, 0.2) is 23.1 Å². The SMILES string of the molecule is Cl.N=C(N)c1ccc(-c2ccc(-c3ccc(C(=N)N)o3)o2)cn1. The summed E-state index contributed by atoms with van der Waals surface area (Å²) in [7, 11) is 0. The molecule has 0 aromatic carbocycles. The van der Waals surface area contributed by atoms with E-state index in [1.165, 1.54) is 0 Å². The maximum Gasteiger partial charge on any atom is 0.170 e. The quantitative estimate of drug-likeness (QED) is 0.430. The zero-order valence-electron chi connectivity index (χ0n) is 11.9. The van der Waals surface area contributed by atoms with Crippen LogP contribution in [0.3, 0.4) is 0 Å². The van der Waals surface area contributed by atoms with Gasteiger partial charge in [-0.15, -0.1) is 12.4 Å². The Hall–Kier alpha value is -3.06. The lowest BCUT2D eigenvalue weighted by atomic mass is 10.2. The predicted octanol–water partition coefficient (Wildman–Crippen LogP) is 2.59. The molecule has 0 amide bonds. The molecule has 0 saturated carbocycles. The molecule has 3 aromatic heterocycles. The highest BCUT2D eigenvalue weighted by atomic mass is 35.5. The van der Waals surface area contributed by atoms with Gasteiger partial charge in [-0.05, 0) is 36.4 Å². The predicted molar refractivity (Wildman–Crippen MR) is 88.9 cm³/mol. The molecule has 3 rings (SSSR count). The summed E-state index contributed by atoms with van der Waals surface area (Å²) >= 11 is 0. The smallest absolute Gasteiger partial charge is 0.170 e. The second-order valence-electron chi connectivity index (χ2n) is 4.59. The van der Waals surface area contributed by atoms with E-state index < -0.39 is 0 Å². The van der Waals surface area contributed by atoms with Gasteiger partial charge in [0.05, 0.1) is 0 Å². The molecule has 23 heavy (non-hydrogen) atoms. The van der Waals surface area contributed by atoms with E-state index in [-0.39, 0.29) is 24.1 Å². The number of nitrogens with one attached hydrogen (secondary N) is 2. The molecule has 0 spiro atoms. The summed E-state index contributed by atoms with van der Waals surface area (Å²) in [6, 6.07) is 10.3. The number of aromatic nitrogens is 1. The molecule has 0 aliphatic rings. The Labute approximate surface area is 137 Å². The summed E-state index contributed by atoms with van der Waals surface area (Å²) in [5.41, 5.74) is 11.9. The minimum Gasteiger partial charge on any atom is -0.453 e. The Morgan fingerprint density at radius 2 is 1.48 bits per heavy atom. The molecule has 0 aliphatic heterocycles. The summed E-state index contributed by atoms with van der Waals surface area (Å²) < 4.78 is 11.1. The Kier molecular flexibility index (Phi) is 4.52. The van der Waals surface area contributed by atoms with Crippen LogP contribution in [0, 0.1) is 10.8 Å². The van der Waals surface area contributed by atoms with Gasteiger partial charge < -0.3 is 20.3 Å². The zero-order valence-corrected chi connectivity index (χ0v) is 12.7. The number of nitrogens with two attached hydrogens (primary N) is 2. The fraction of sp³-hybridized carbons (Fsp3) is 0. The first kappa shape index (κ1) is 16.3. The topological polar surface area (TPSA) is 139 Å². The van der Waals surface area contributed by atoms with E-state index in [2.05, 4.69) is 4.98 Å². The molecule has 6 N–H and O–H groups in total. The molecule has 0 atom stereocenters. The molecule has 0 radical (unpaired) electrons. The lowest BCUT2D eigenvalue weighted by Gasteiger charge is -1.99. The fourth-order valence-electron chi connectivity index (χ4n) is 1.94. The number of amidine groups is 2. The normalized spacial score (nSPS) is 10.1. The van der Waals surface area contributed by atoms with Crippen LogP contribution >= 0.6 is 12.4 Å². The van der Waals surface area contributed by atoms with Gasteiger partial charge in [0.2, 0.25) is 0 Å². The number of halogens is 1. The number of hydrogen-bond donors (Lipinski definition) is 4. The van der Waals surface area contributed by atoms with Gasteiger partial charge in [-0.2, -0.15) is 0 Å². The molecule has 3 aromatic rings. The number of rotatable bonds is 4. The second-order valence-corrected chi connectivity index (χ2v) is 4.59. The summed E-state index contributed by atoms with van der Waals surface area (Å²) in [5, 5.41) is 14.6. The van der Waals surface area contributed by atoms with Crippen molar-refractivity contribution in [1.82, 2.24) is 4.98 Å². The third-order valence-electron chi connectivity index (χ3n) is 3.04. The average Bonchev–Trinajstić information content (AvgIpc) is 3.16. The Balaban J connectivity index is 0.00000192. The van der Waals surface area contributed by atoms with Crippen molar-refractivity contribution in [2.45, 2.75) is 0 Å². The maximum atomic E-state index is 7.32. The molecule has 7 nitrogen and oxygen atoms in total. The molecule has 0 fully saturated rings. The molecule has 0 unspecified atom stereocenters. The Morgan fingerprint density at radius 1 is 0.826 bits per heavy atom. The highest BCUT2D eigenvalue weighted by Crippen LogP contribution is 2.29. The minimum absolute atomic E-state index is 0. The third kappa shape index (κ3) is 3.24. The largest absolute Gasteiger partial charge is 0.453 e. The van der Waals surface area contributed by atoms with Gasteiger partial charge in [0.25, 0.3) is 0 Å². The molecular weight excluding hydrogens is 318 g/mol. The van der Waals surface area contributed by atoms with Crippen molar-refractivity contribution < 1.29 is 8.83 Å². The van der Waals surface area contributed by atoms with Crippen LogP contribution in [0.2, 0.25) is 0 Å². The molecule has 118 valence electrons. The molecule has 3 heterocycles. The van der Waals surface area contributed by atoms with Gasteiger partial charge in [-0.25, -0.2) is 0 Å². The maximum absolute atomic E-state index is 7.32. The highest BCUT2D eigenvalue weighted by molar-refractivity contribution is 5.93. The molecule has 0 bridgehead atoms. The van der Waals surface area contributed by atoms with E-state index in [0.29, 0.717) is 28.7 Å². The van der Waals surface area contributed by atoms with Crippen molar-refractivity contribution in [3.05, 3.63) is 54.0 Å². The molecule has 8 heteroatoms. The minimum atomic E-state index is -0.137. The summed E-state index contributed by atoms with van der Waals surface area (Å²) in [6.07, 6.45) is 1.59. The van der Waals surface area contributed by atoms with E-state index in [9.17, 15) is 0 Å². The molecule has 0 saturated heterocycles. The third-order valence-corrected chi connectivity index (χ3v) is 3.04. The van der Waals surface area contributed by atoms with Crippen LogP contribution in [0.4, 0.5) is 0 Å².